The number of primary amides is 1. The van der Waals surface area contributed by atoms with Crippen molar-refractivity contribution in [2.75, 3.05) is 17.6 Å². The SMILES string of the molecule is NC=O.NCCSc1ncc(Cc2ccc3c(c2)NC(=O)c2ccccc2O3)s1. The molecule has 150 valence electrons. The van der Waals surface area contributed by atoms with E-state index in [2.05, 4.69) is 16.0 Å². The van der Waals surface area contributed by atoms with Crippen LogP contribution in [0.4, 0.5) is 5.69 Å². The maximum atomic E-state index is 12.4. The molecule has 29 heavy (non-hydrogen) atoms. The summed E-state index contributed by atoms with van der Waals surface area (Å²) in [5.41, 5.74) is 12.0. The number of nitrogens with two attached hydrogens (primary N) is 2. The van der Waals surface area contributed by atoms with Crippen molar-refractivity contribution in [3.63, 3.8) is 0 Å². The molecule has 1 aromatic heterocycles. The van der Waals surface area contributed by atoms with Crippen LogP contribution in [0, 0.1) is 0 Å². The maximum Gasteiger partial charge on any atom is 0.259 e. The Bertz CT molecular complexity index is 1010. The zero-order valence-electron chi connectivity index (χ0n) is 15.5. The number of amides is 2. The summed E-state index contributed by atoms with van der Waals surface area (Å²) in [7, 11) is 0. The summed E-state index contributed by atoms with van der Waals surface area (Å²) in [6.45, 7) is 0.645. The molecule has 1 aliphatic rings. The third kappa shape index (κ3) is 5.35. The summed E-state index contributed by atoms with van der Waals surface area (Å²) in [6.07, 6.45) is 2.91. The summed E-state index contributed by atoms with van der Waals surface area (Å²) in [6, 6.07) is 13.1. The third-order valence-electron chi connectivity index (χ3n) is 3.90. The van der Waals surface area contributed by atoms with Crippen molar-refractivity contribution in [1.82, 2.24) is 4.98 Å². The Morgan fingerprint density at radius 1 is 1.21 bits per heavy atom. The average molecular weight is 429 g/mol. The molecule has 0 saturated heterocycles. The first-order chi connectivity index (χ1) is 14.1. The van der Waals surface area contributed by atoms with Crippen LogP contribution in [0.5, 0.6) is 11.5 Å². The maximum absolute atomic E-state index is 12.4. The average Bonchev–Trinajstić information content (AvgIpc) is 3.10. The number of ether oxygens (including phenoxy) is 1. The van der Waals surface area contributed by atoms with Gasteiger partial charge >= 0.3 is 0 Å². The molecule has 0 spiro atoms. The molecule has 0 fully saturated rings. The molecule has 0 unspecified atom stereocenters. The minimum atomic E-state index is -0.158. The first-order valence-electron chi connectivity index (χ1n) is 8.78. The number of aromatic nitrogens is 1. The van der Waals surface area contributed by atoms with Crippen molar-refractivity contribution in [2.45, 2.75) is 10.8 Å². The number of thioether (sulfide) groups is 1. The van der Waals surface area contributed by atoms with Crippen LogP contribution >= 0.6 is 23.1 Å². The largest absolute Gasteiger partial charge is 0.454 e. The molecule has 0 saturated carbocycles. The Kier molecular flexibility index (Phi) is 7.23. The highest BCUT2D eigenvalue weighted by molar-refractivity contribution is 8.01. The van der Waals surface area contributed by atoms with E-state index in [9.17, 15) is 4.79 Å². The lowest BCUT2D eigenvalue weighted by atomic mass is 10.1. The van der Waals surface area contributed by atoms with Crippen LogP contribution in [-0.2, 0) is 11.2 Å². The van der Waals surface area contributed by atoms with Crippen molar-refractivity contribution >= 4 is 41.1 Å². The van der Waals surface area contributed by atoms with Gasteiger partial charge in [0, 0.05) is 29.8 Å². The van der Waals surface area contributed by atoms with Gasteiger partial charge in [0.05, 0.1) is 11.3 Å². The minimum Gasteiger partial charge on any atom is -0.454 e. The van der Waals surface area contributed by atoms with Crippen LogP contribution in [-0.4, -0.2) is 29.6 Å². The van der Waals surface area contributed by atoms with Crippen LogP contribution in [0.15, 0.2) is 53.0 Å². The zero-order chi connectivity index (χ0) is 20.6. The van der Waals surface area contributed by atoms with Gasteiger partial charge in [-0.1, -0.05) is 30.0 Å². The molecular weight excluding hydrogens is 408 g/mol. The Morgan fingerprint density at radius 3 is 2.79 bits per heavy atom. The minimum absolute atomic E-state index is 0.158. The van der Waals surface area contributed by atoms with Crippen LogP contribution in [0.25, 0.3) is 0 Å². The monoisotopic (exact) mass is 428 g/mol. The normalized spacial score (nSPS) is 11.7. The van der Waals surface area contributed by atoms with E-state index < -0.39 is 0 Å². The molecule has 2 heterocycles. The van der Waals surface area contributed by atoms with E-state index in [0.29, 0.717) is 29.3 Å². The van der Waals surface area contributed by atoms with Crippen molar-refractivity contribution < 1.29 is 14.3 Å². The quantitative estimate of drug-likeness (QED) is 0.424. The summed E-state index contributed by atoms with van der Waals surface area (Å²) in [5, 5.41) is 2.94. The Balaban J connectivity index is 0.000000755. The predicted octanol–water partition coefficient (Wildman–Crippen LogP) is 3.24. The first kappa shape index (κ1) is 20.8. The summed E-state index contributed by atoms with van der Waals surface area (Å²) < 4.78 is 6.95. The van der Waals surface area contributed by atoms with Gasteiger partial charge in [-0.25, -0.2) is 4.98 Å². The lowest BCUT2D eigenvalue weighted by Gasteiger charge is -2.09. The second-order valence-electron chi connectivity index (χ2n) is 5.93. The highest BCUT2D eigenvalue weighted by Crippen LogP contribution is 2.36. The number of carbonyl (C=O) groups excluding carboxylic acids is 2. The number of para-hydroxylation sites is 1. The fourth-order valence-electron chi connectivity index (χ4n) is 2.71. The van der Waals surface area contributed by atoms with Crippen molar-refractivity contribution in [3.05, 3.63) is 64.7 Å². The van der Waals surface area contributed by atoms with E-state index in [1.54, 1.807) is 35.2 Å². The number of nitrogens with zero attached hydrogens (tertiary/aromatic N) is 1. The number of benzene rings is 2. The highest BCUT2D eigenvalue weighted by Gasteiger charge is 2.20. The molecule has 0 radical (unpaired) electrons. The number of hydrogen-bond acceptors (Lipinski definition) is 7. The van der Waals surface area contributed by atoms with Gasteiger partial charge in [-0.3, -0.25) is 9.59 Å². The predicted molar refractivity (Wildman–Crippen MR) is 116 cm³/mol. The number of fused-ring (bicyclic) bond motifs is 2. The topological polar surface area (TPSA) is 120 Å². The van der Waals surface area contributed by atoms with Gasteiger partial charge in [0.1, 0.15) is 10.1 Å². The van der Waals surface area contributed by atoms with Gasteiger partial charge in [0.25, 0.3) is 5.91 Å². The van der Waals surface area contributed by atoms with Gasteiger partial charge in [-0.05, 0) is 29.8 Å². The van der Waals surface area contributed by atoms with Gasteiger partial charge in [-0.15, -0.1) is 11.3 Å². The van der Waals surface area contributed by atoms with Crippen LogP contribution in [0.2, 0.25) is 0 Å². The summed E-state index contributed by atoms with van der Waals surface area (Å²) >= 11 is 3.35. The van der Waals surface area contributed by atoms with Crippen molar-refractivity contribution in [1.29, 1.82) is 0 Å². The summed E-state index contributed by atoms with van der Waals surface area (Å²) in [5.74, 6) is 1.93. The van der Waals surface area contributed by atoms with Crippen LogP contribution < -0.4 is 21.5 Å². The molecule has 3 aromatic rings. The zero-order valence-corrected chi connectivity index (χ0v) is 17.1. The van der Waals surface area contributed by atoms with Gasteiger partial charge in [0.15, 0.2) is 5.75 Å². The van der Waals surface area contributed by atoms with Crippen molar-refractivity contribution in [2.24, 2.45) is 11.5 Å². The highest BCUT2D eigenvalue weighted by atomic mass is 32.2. The van der Waals surface area contributed by atoms with Crippen LogP contribution in [0.3, 0.4) is 0 Å². The van der Waals surface area contributed by atoms with Gasteiger partial charge in [0.2, 0.25) is 6.41 Å². The van der Waals surface area contributed by atoms with E-state index >= 15 is 0 Å². The fraction of sp³-hybridized carbons (Fsp3) is 0.150. The number of thiazole rings is 1. The number of nitrogens with one attached hydrogen (secondary N) is 1. The first-order valence-corrected chi connectivity index (χ1v) is 10.6. The molecule has 0 bridgehead atoms. The van der Waals surface area contributed by atoms with Crippen LogP contribution in [0.1, 0.15) is 20.8 Å². The standard InChI is InChI=1S/C19H17N3O2S2.CH3NO/c20-7-8-25-19-21-11-13(26-19)9-12-5-6-17-15(10-12)22-18(23)14-3-1-2-4-16(14)24-17;2-1-3/h1-6,10-11H,7-9,20H2,(H,22,23);1H,(H2,2,3). The molecule has 2 amide bonds. The molecule has 1 aliphatic heterocycles. The number of hydrogen-bond donors (Lipinski definition) is 3. The third-order valence-corrected chi connectivity index (χ3v) is 6.09. The molecular formula is C20H20N4O3S2. The second kappa shape index (κ2) is 10.1. The van der Waals surface area contributed by atoms with E-state index in [4.69, 9.17) is 15.3 Å². The van der Waals surface area contributed by atoms with E-state index in [1.807, 2.05) is 36.5 Å². The number of carbonyl (C=O) groups is 2. The lowest BCUT2D eigenvalue weighted by molar-refractivity contribution is -0.106. The fourth-order valence-corrected chi connectivity index (χ4v) is 4.61. The molecule has 2 aromatic carbocycles. The Morgan fingerprint density at radius 2 is 2.00 bits per heavy atom. The van der Waals surface area contributed by atoms with E-state index in [0.717, 1.165) is 22.1 Å². The van der Waals surface area contributed by atoms with Gasteiger partial charge < -0.3 is 21.5 Å². The second-order valence-corrected chi connectivity index (χ2v) is 8.38. The number of rotatable bonds is 5. The Labute approximate surface area is 176 Å². The van der Waals surface area contributed by atoms with E-state index in [1.165, 1.54) is 4.88 Å². The van der Waals surface area contributed by atoms with Crippen molar-refractivity contribution in [3.8, 4) is 11.5 Å². The van der Waals surface area contributed by atoms with Gasteiger partial charge in [-0.2, -0.15) is 0 Å². The smallest absolute Gasteiger partial charge is 0.259 e. The molecule has 0 atom stereocenters. The molecule has 0 aliphatic carbocycles. The molecule has 5 N–H and O–H groups in total. The molecule has 9 heteroatoms. The summed E-state index contributed by atoms with van der Waals surface area (Å²) in [4.78, 5) is 26.6. The molecule has 4 rings (SSSR count). The number of anilines is 1. The lowest BCUT2D eigenvalue weighted by Crippen LogP contribution is -2.10. The van der Waals surface area contributed by atoms with E-state index in [-0.39, 0.29) is 12.3 Å². The Hall–Kier alpha value is -2.88. The molecule has 7 nitrogen and oxygen atoms in total.